The quantitative estimate of drug-likeness (QED) is 0.903. The van der Waals surface area contributed by atoms with Crippen LogP contribution in [-0.4, -0.2) is 50.1 Å². The molecule has 6 nitrogen and oxygen atoms in total. The summed E-state index contributed by atoms with van der Waals surface area (Å²) in [6, 6.07) is 5.58. The van der Waals surface area contributed by atoms with E-state index in [2.05, 4.69) is 10.2 Å². The predicted octanol–water partition coefficient (Wildman–Crippen LogP) is 1.42. The van der Waals surface area contributed by atoms with Crippen molar-refractivity contribution in [3.8, 4) is 5.69 Å². The zero-order valence-electron chi connectivity index (χ0n) is 12.5. The van der Waals surface area contributed by atoms with Crippen molar-refractivity contribution in [1.29, 1.82) is 0 Å². The third-order valence-corrected chi connectivity index (χ3v) is 3.24. The number of hydrogen-bond acceptors (Lipinski definition) is 4. The number of nitrogens with zero attached hydrogens (tertiary/aromatic N) is 4. The maximum atomic E-state index is 12.8. The first-order chi connectivity index (χ1) is 10.0. The molecule has 0 aliphatic carbocycles. The molecule has 0 spiro atoms. The minimum absolute atomic E-state index is 0.00333. The van der Waals surface area contributed by atoms with Gasteiger partial charge < -0.3 is 10.0 Å². The number of carbonyl (C=O) groups excluding carboxylic acids is 1. The summed E-state index contributed by atoms with van der Waals surface area (Å²) in [5.74, 6) is -0.130. The van der Waals surface area contributed by atoms with E-state index < -0.39 is 0 Å². The SMILES string of the molecule is Cc1ccc(-n2nccn2)c(C(=O)N(CCO)C(C)C)c1. The van der Waals surface area contributed by atoms with Crippen molar-refractivity contribution in [2.24, 2.45) is 0 Å². The third kappa shape index (κ3) is 3.28. The van der Waals surface area contributed by atoms with E-state index in [1.54, 1.807) is 17.3 Å². The average molecular weight is 288 g/mol. The molecule has 1 aromatic heterocycles. The van der Waals surface area contributed by atoms with Crippen LogP contribution in [-0.2, 0) is 0 Å². The summed E-state index contributed by atoms with van der Waals surface area (Å²) < 4.78 is 0. The molecule has 0 saturated heterocycles. The zero-order valence-corrected chi connectivity index (χ0v) is 12.5. The molecular formula is C15H20N4O2. The van der Waals surface area contributed by atoms with E-state index in [9.17, 15) is 4.79 Å². The van der Waals surface area contributed by atoms with Crippen LogP contribution in [0, 0.1) is 6.92 Å². The summed E-state index contributed by atoms with van der Waals surface area (Å²) in [7, 11) is 0. The normalized spacial score (nSPS) is 10.9. The Morgan fingerprint density at radius 2 is 2.00 bits per heavy atom. The molecule has 2 rings (SSSR count). The Labute approximate surface area is 124 Å². The summed E-state index contributed by atoms with van der Waals surface area (Å²) in [6.07, 6.45) is 3.14. The topological polar surface area (TPSA) is 71.2 Å². The molecule has 112 valence electrons. The molecule has 0 atom stereocenters. The molecule has 1 heterocycles. The van der Waals surface area contributed by atoms with E-state index in [4.69, 9.17) is 5.11 Å². The molecule has 1 aromatic carbocycles. The van der Waals surface area contributed by atoms with Crippen molar-refractivity contribution in [2.75, 3.05) is 13.2 Å². The van der Waals surface area contributed by atoms with Crippen molar-refractivity contribution in [1.82, 2.24) is 19.9 Å². The van der Waals surface area contributed by atoms with Crippen LogP contribution in [0.2, 0.25) is 0 Å². The smallest absolute Gasteiger partial charge is 0.256 e. The summed E-state index contributed by atoms with van der Waals surface area (Å²) in [4.78, 5) is 15.9. The molecule has 0 saturated carbocycles. The number of carbonyl (C=O) groups is 1. The van der Waals surface area contributed by atoms with Gasteiger partial charge in [-0.2, -0.15) is 15.0 Å². The highest BCUT2D eigenvalue weighted by Gasteiger charge is 2.22. The molecule has 0 radical (unpaired) electrons. The molecule has 0 aliphatic rings. The molecular weight excluding hydrogens is 268 g/mol. The number of aliphatic hydroxyl groups is 1. The number of hydrogen-bond donors (Lipinski definition) is 1. The van der Waals surface area contributed by atoms with Gasteiger partial charge in [0, 0.05) is 12.6 Å². The lowest BCUT2D eigenvalue weighted by Crippen LogP contribution is -2.39. The maximum absolute atomic E-state index is 12.8. The van der Waals surface area contributed by atoms with Crippen LogP contribution in [0.25, 0.3) is 5.69 Å². The van der Waals surface area contributed by atoms with Gasteiger partial charge in [-0.05, 0) is 32.9 Å². The molecule has 0 aliphatic heterocycles. The van der Waals surface area contributed by atoms with Gasteiger partial charge in [-0.3, -0.25) is 4.79 Å². The predicted molar refractivity (Wildman–Crippen MR) is 79.4 cm³/mol. The van der Waals surface area contributed by atoms with Gasteiger partial charge in [-0.15, -0.1) is 0 Å². The van der Waals surface area contributed by atoms with Crippen molar-refractivity contribution in [2.45, 2.75) is 26.8 Å². The van der Waals surface area contributed by atoms with Gasteiger partial charge >= 0.3 is 0 Å². The Hall–Kier alpha value is -2.21. The van der Waals surface area contributed by atoms with Crippen molar-refractivity contribution in [3.05, 3.63) is 41.7 Å². The summed E-state index contributed by atoms with van der Waals surface area (Å²) >= 11 is 0. The lowest BCUT2D eigenvalue weighted by molar-refractivity contribution is 0.0665. The second-order valence-electron chi connectivity index (χ2n) is 5.16. The van der Waals surface area contributed by atoms with Crippen LogP contribution < -0.4 is 0 Å². The number of aryl methyl sites for hydroxylation is 1. The van der Waals surface area contributed by atoms with Gasteiger partial charge in [-0.1, -0.05) is 11.6 Å². The van der Waals surface area contributed by atoms with Crippen LogP contribution in [0.1, 0.15) is 29.8 Å². The Morgan fingerprint density at radius 3 is 2.57 bits per heavy atom. The lowest BCUT2D eigenvalue weighted by atomic mass is 10.1. The van der Waals surface area contributed by atoms with E-state index in [1.165, 1.54) is 4.80 Å². The van der Waals surface area contributed by atoms with E-state index in [-0.39, 0.29) is 18.6 Å². The van der Waals surface area contributed by atoms with E-state index in [1.807, 2.05) is 39.0 Å². The van der Waals surface area contributed by atoms with Gasteiger partial charge in [-0.25, -0.2) is 0 Å². The first-order valence-corrected chi connectivity index (χ1v) is 6.93. The third-order valence-electron chi connectivity index (χ3n) is 3.24. The van der Waals surface area contributed by atoms with Gasteiger partial charge in [0.2, 0.25) is 0 Å². The van der Waals surface area contributed by atoms with Crippen molar-refractivity contribution in [3.63, 3.8) is 0 Å². The monoisotopic (exact) mass is 288 g/mol. The van der Waals surface area contributed by atoms with Gasteiger partial charge in [0.25, 0.3) is 5.91 Å². The second kappa shape index (κ2) is 6.49. The van der Waals surface area contributed by atoms with Gasteiger partial charge in [0.05, 0.1) is 30.3 Å². The minimum atomic E-state index is -0.130. The molecule has 21 heavy (non-hydrogen) atoms. The van der Waals surface area contributed by atoms with E-state index in [0.717, 1.165) is 5.56 Å². The highest BCUT2D eigenvalue weighted by Crippen LogP contribution is 2.18. The number of amides is 1. The zero-order chi connectivity index (χ0) is 15.4. The highest BCUT2D eigenvalue weighted by molar-refractivity contribution is 5.98. The Kier molecular flexibility index (Phi) is 4.70. The lowest BCUT2D eigenvalue weighted by Gasteiger charge is -2.26. The fourth-order valence-corrected chi connectivity index (χ4v) is 2.19. The first-order valence-electron chi connectivity index (χ1n) is 6.93. The van der Waals surface area contributed by atoms with Crippen molar-refractivity contribution < 1.29 is 9.90 Å². The highest BCUT2D eigenvalue weighted by atomic mass is 16.3. The van der Waals surface area contributed by atoms with Crippen LogP contribution >= 0.6 is 0 Å². The fourth-order valence-electron chi connectivity index (χ4n) is 2.19. The molecule has 0 bridgehead atoms. The number of aromatic nitrogens is 3. The van der Waals surface area contributed by atoms with Gasteiger partial charge in [0.15, 0.2) is 0 Å². The summed E-state index contributed by atoms with van der Waals surface area (Å²) in [5, 5.41) is 17.4. The number of rotatable bonds is 5. The Balaban J connectivity index is 2.46. The standard InChI is InChI=1S/C15H20N4O2/c1-11(2)18(8-9-20)15(21)13-10-12(3)4-5-14(13)19-16-6-7-17-19/h4-7,10-11,20H,8-9H2,1-3H3. The largest absolute Gasteiger partial charge is 0.395 e. The van der Waals surface area contributed by atoms with Crippen molar-refractivity contribution >= 4 is 5.91 Å². The van der Waals surface area contributed by atoms with Crippen LogP contribution in [0.15, 0.2) is 30.6 Å². The molecule has 2 aromatic rings. The molecule has 6 heteroatoms. The number of benzene rings is 1. The molecule has 1 amide bonds. The average Bonchev–Trinajstić information content (AvgIpc) is 2.97. The van der Waals surface area contributed by atoms with Crippen LogP contribution in [0.3, 0.4) is 0 Å². The Bertz CT molecular complexity index is 608. The van der Waals surface area contributed by atoms with Gasteiger partial charge in [0.1, 0.15) is 0 Å². The van der Waals surface area contributed by atoms with Crippen LogP contribution in [0.4, 0.5) is 0 Å². The molecule has 0 fully saturated rings. The fraction of sp³-hybridized carbons (Fsp3) is 0.400. The van der Waals surface area contributed by atoms with E-state index in [0.29, 0.717) is 17.8 Å². The minimum Gasteiger partial charge on any atom is -0.395 e. The number of aliphatic hydroxyl groups excluding tert-OH is 1. The van der Waals surface area contributed by atoms with Crippen LogP contribution in [0.5, 0.6) is 0 Å². The Morgan fingerprint density at radius 1 is 1.33 bits per heavy atom. The summed E-state index contributed by atoms with van der Waals surface area (Å²) in [6.45, 7) is 6.02. The second-order valence-corrected chi connectivity index (χ2v) is 5.16. The maximum Gasteiger partial charge on any atom is 0.256 e. The summed E-state index contributed by atoms with van der Waals surface area (Å²) in [5.41, 5.74) is 2.16. The molecule has 0 unspecified atom stereocenters. The van der Waals surface area contributed by atoms with E-state index >= 15 is 0 Å². The first kappa shape index (κ1) is 15.2. The molecule has 1 N–H and O–H groups in total.